The Morgan fingerprint density at radius 3 is 2.32 bits per heavy atom. The van der Waals surface area contributed by atoms with Crippen LogP contribution in [0.1, 0.15) is 34.6 Å². The summed E-state index contributed by atoms with van der Waals surface area (Å²) in [6.07, 6.45) is -1.46. The molecule has 13 heteroatoms. The SMILES string of the molecule is CCOC(=O)c1c(NC(=O)COC(=O)[C@H](NS(=O)(=O)c2ccc(Cl)cc2)[C@H](C)O)sc(C)c1C. The van der Waals surface area contributed by atoms with Gasteiger partial charge in [0.05, 0.1) is 23.2 Å². The molecule has 1 aromatic heterocycles. The molecule has 0 radical (unpaired) electrons. The zero-order valence-corrected chi connectivity index (χ0v) is 21.3. The fourth-order valence-electron chi connectivity index (χ4n) is 2.75. The Morgan fingerprint density at radius 2 is 1.76 bits per heavy atom. The number of aliphatic hydroxyl groups excluding tert-OH is 1. The molecule has 0 spiro atoms. The Bertz CT molecular complexity index is 1160. The van der Waals surface area contributed by atoms with Gasteiger partial charge in [-0.15, -0.1) is 11.3 Å². The summed E-state index contributed by atoms with van der Waals surface area (Å²) in [6, 6.07) is 3.50. The van der Waals surface area contributed by atoms with Gasteiger partial charge < -0.3 is 19.9 Å². The van der Waals surface area contributed by atoms with E-state index in [2.05, 4.69) is 10.0 Å². The number of halogens is 1. The predicted molar refractivity (Wildman–Crippen MR) is 127 cm³/mol. The first-order valence-corrected chi connectivity index (χ1v) is 12.7. The van der Waals surface area contributed by atoms with Gasteiger partial charge in [-0.25, -0.2) is 13.2 Å². The van der Waals surface area contributed by atoms with Gasteiger partial charge in [-0.3, -0.25) is 9.59 Å². The van der Waals surface area contributed by atoms with E-state index in [-0.39, 0.29) is 22.1 Å². The van der Waals surface area contributed by atoms with Crippen LogP contribution in [-0.4, -0.2) is 56.7 Å². The summed E-state index contributed by atoms with van der Waals surface area (Å²) in [5.74, 6) is -2.51. The molecule has 1 aromatic carbocycles. The predicted octanol–water partition coefficient (Wildman–Crippen LogP) is 2.40. The van der Waals surface area contributed by atoms with Crippen molar-refractivity contribution < 1.29 is 37.4 Å². The molecule has 3 N–H and O–H groups in total. The lowest BCUT2D eigenvalue weighted by Crippen LogP contribution is -2.48. The molecule has 2 atom stereocenters. The van der Waals surface area contributed by atoms with E-state index < -0.39 is 46.6 Å². The van der Waals surface area contributed by atoms with Gasteiger partial charge in [-0.2, -0.15) is 4.72 Å². The minimum absolute atomic E-state index is 0.158. The van der Waals surface area contributed by atoms with E-state index in [0.717, 1.165) is 16.2 Å². The topological polar surface area (TPSA) is 148 Å². The van der Waals surface area contributed by atoms with Gasteiger partial charge in [0.2, 0.25) is 10.0 Å². The fraction of sp³-hybridized carbons (Fsp3) is 0.381. The maximum atomic E-state index is 12.5. The van der Waals surface area contributed by atoms with Gasteiger partial charge >= 0.3 is 11.9 Å². The number of anilines is 1. The van der Waals surface area contributed by atoms with Crippen molar-refractivity contribution in [2.45, 2.75) is 44.7 Å². The van der Waals surface area contributed by atoms with Crippen LogP contribution < -0.4 is 10.0 Å². The number of amides is 1. The summed E-state index contributed by atoms with van der Waals surface area (Å²) in [6.45, 7) is 5.73. The molecule has 1 amide bonds. The van der Waals surface area contributed by atoms with Crippen LogP contribution in [0.3, 0.4) is 0 Å². The quantitative estimate of drug-likeness (QED) is 0.395. The second-order valence-corrected chi connectivity index (χ2v) is 10.5. The second kappa shape index (κ2) is 11.8. The highest BCUT2D eigenvalue weighted by molar-refractivity contribution is 7.89. The van der Waals surface area contributed by atoms with Crippen molar-refractivity contribution in [1.82, 2.24) is 4.72 Å². The van der Waals surface area contributed by atoms with E-state index in [9.17, 15) is 27.9 Å². The number of carbonyl (C=O) groups excluding carboxylic acids is 3. The standard InChI is InChI=1S/C21H25ClN2O8S2/c1-5-31-20(27)17-11(2)13(4)33-19(17)23-16(26)10-32-21(28)18(12(3)25)24-34(29,30)15-8-6-14(22)7-9-15/h6-9,12,18,24-25H,5,10H2,1-4H3,(H,23,26)/t12-,18+/m0/s1. The van der Waals surface area contributed by atoms with Crippen LogP contribution in [0.5, 0.6) is 0 Å². The number of hydrogen-bond acceptors (Lipinski definition) is 9. The number of rotatable bonds is 10. The lowest BCUT2D eigenvalue weighted by atomic mass is 10.1. The van der Waals surface area contributed by atoms with E-state index in [1.165, 1.54) is 31.2 Å². The highest BCUT2D eigenvalue weighted by Crippen LogP contribution is 2.33. The van der Waals surface area contributed by atoms with E-state index in [1.54, 1.807) is 20.8 Å². The maximum absolute atomic E-state index is 12.5. The molecule has 0 saturated carbocycles. The average Bonchev–Trinajstić information content (AvgIpc) is 3.03. The average molecular weight is 533 g/mol. The molecule has 0 saturated heterocycles. The van der Waals surface area contributed by atoms with Gasteiger partial charge in [-0.1, -0.05) is 11.6 Å². The Hall–Kier alpha value is -2.51. The first kappa shape index (κ1) is 27.7. The van der Waals surface area contributed by atoms with Crippen molar-refractivity contribution in [3.05, 3.63) is 45.3 Å². The van der Waals surface area contributed by atoms with Gasteiger partial charge in [0.1, 0.15) is 11.0 Å². The van der Waals surface area contributed by atoms with E-state index in [4.69, 9.17) is 21.1 Å². The molecule has 34 heavy (non-hydrogen) atoms. The summed E-state index contributed by atoms with van der Waals surface area (Å²) < 4.78 is 37.1. The molecule has 186 valence electrons. The van der Waals surface area contributed by atoms with Gasteiger partial charge in [0.15, 0.2) is 6.61 Å². The van der Waals surface area contributed by atoms with Gasteiger partial charge in [-0.05, 0) is 57.5 Å². The summed E-state index contributed by atoms with van der Waals surface area (Å²) >= 11 is 6.92. The number of sulfonamides is 1. The Kier molecular flexibility index (Phi) is 9.59. The zero-order chi connectivity index (χ0) is 25.6. The number of aryl methyl sites for hydroxylation is 1. The molecule has 10 nitrogen and oxygen atoms in total. The number of carbonyl (C=O) groups is 3. The Morgan fingerprint density at radius 1 is 1.15 bits per heavy atom. The van der Waals surface area contributed by atoms with Crippen molar-refractivity contribution in [2.75, 3.05) is 18.5 Å². The first-order valence-electron chi connectivity index (χ1n) is 10.1. The number of esters is 2. The maximum Gasteiger partial charge on any atom is 0.341 e. The fourth-order valence-corrected chi connectivity index (χ4v) is 5.19. The molecule has 0 aliphatic heterocycles. The van der Waals surface area contributed by atoms with Crippen molar-refractivity contribution in [1.29, 1.82) is 0 Å². The normalized spacial score (nSPS) is 13.1. The zero-order valence-electron chi connectivity index (χ0n) is 18.9. The lowest BCUT2D eigenvalue weighted by molar-refractivity contribution is -0.151. The summed E-state index contributed by atoms with van der Waals surface area (Å²) in [7, 11) is -4.20. The van der Waals surface area contributed by atoms with E-state index in [0.29, 0.717) is 10.6 Å². The van der Waals surface area contributed by atoms with Crippen LogP contribution in [0.25, 0.3) is 0 Å². The van der Waals surface area contributed by atoms with E-state index >= 15 is 0 Å². The van der Waals surface area contributed by atoms with Crippen molar-refractivity contribution in [3.63, 3.8) is 0 Å². The number of benzene rings is 1. The van der Waals surface area contributed by atoms with Crippen LogP contribution in [-0.2, 0) is 29.1 Å². The molecule has 0 aliphatic carbocycles. The number of ether oxygens (including phenoxy) is 2. The third-order valence-electron chi connectivity index (χ3n) is 4.61. The number of thiophene rings is 1. The van der Waals surface area contributed by atoms with Crippen LogP contribution in [0, 0.1) is 13.8 Å². The number of aliphatic hydroxyl groups is 1. The molecule has 0 fully saturated rings. The summed E-state index contributed by atoms with van der Waals surface area (Å²) in [5.41, 5.74) is 0.864. The number of hydrogen-bond donors (Lipinski definition) is 3. The minimum atomic E-state index is -4.20. The largest absolute Gasteiger partial charge is 0.462 e. The van der Waals surface area contributed by atoms with Crippen LogP contribution in [0.15, 0.2) is 29.2 Å². The molecule has 2 rings (SSSR count). The molecule has 0 unspecified atom stereocenters. The Balaban J connectivity index is 2.07. The highest BCUT2D eigenvalue weighted by Gasteiger charge is 2.31. The molecular weight excluding hydrogens is 508 g/mol. The van der Waals surface area contributed by atoms with Crippen LogP contribution in [0.4, 0.5) is 5.00 Å². The van der Waals surface area contributed by atoms with Gasteiger partial charge in [0, 0.05) is 9.90 Å². The smallest absolute Gasteiger partial charge is 0.341 e. The third kappa shape index (κ3) is 7.00. The Labute approximate surface area is 206 Å². The highest BCUT2D eigenvalue weighted by atomic mass is 35.5. The van der Waals surface area contributed by atoms with Crippen LogP contribution in [0.2, 0.25) is 5.02 Å². The van der Waals surface area contributed by atoms with Gasteiger partial charge in [0.25, 0.3) is 5.91 Å². The van der Waals surface area contributed by atoms with Crippen molar-refractivity contribution in [3.8, 4) is 0 Å². The monoisotopic (exact) mass is 532 g/mol. The molecule has 0 aliphatic rings. The molecule has 0 bridgehead atoms. The lowest BCUT2D eigenvalue weighted by Gasteiger charge is -2.20. The molecular formula is C21H25ClN2O8S2. The van der Waals surface area contributed by atoms with Crippen molar-refractivity contribution in [2.24, 2.45) is 0 Å². The second-order valence-electron chi connectivity index (χ2n) is 7.16. The summed E-state index contributed by atoms with van der Waals surface area (Å²) in [5, 5.41) is 13.0. The molecule has 1 heterocycles. The number of nitrogens with one attached hydrogen (secondary N) is 2. The molecule has 2 aromatic rings. The first-order chi connectivity index (χ1) is 15.9. The van der Waals surface area contributed by atoms with Crippen LogP contribution >= 0.6 is 22.9 Å². The van der Waals surface area contributed by atoms with E-state index in [1.807, 2.05) is 0 Å². The summed E-state index contributed by atoms with van der Waals surface area (Å²) in [4.78, 5) is 37.6. The van der Waals surface area contributed by atoms with Crippen molar-refractivity contribution >= 4 is 55.8 Å². The third-order valence-corrected chi connectivity index (χ3v) is 7.44. The minimum Gasteiger partial charge on any atom is -0.462 e.